The average Bonchev–Trinajstić information content (AvgIpc) is 3.53. The van der Waals surface area contributed by atoms with Crippen molar-refractivity contribution in [3.8, 4) is 0 Å². The molecule has 32 heavy (non-hydrogen) atoms. The number of allylic oxidation sites excluding steroid dienone is 3. The predicted octanol–water partition coefficient (Wildman–Crippen LogP) is 5.82. The lowest BCUT2D eigenvalue weighted by Crippen LogP contribution is -2.42. The van der Waals surface area contributed by atoms with Crippen molar-refractivity contribution in [1.29, 1.82) is 0 Å². The van der Waals surface area contributed by atoms with Gasteiger partial charge in [-0.25, -0.2) is 0 Å². The fourth-order valence-corrected chi connectivity index (χ4v) is 10.4. The zero-order chi connectivity index (χ0) is 21.6. The first-order valence-corrected chi connectivity index (χ1v) is 13.1. The van der Waals surface area contributed by atoms with Gasteiger partial charge in [-0.15, -0.1) is 11.8 Å². The minimum absolute atomic E-state index is 0.0252. The van der Waals surface area contributed by atoms with Crippen LogP contribution in [0.3, 0.4) is 0 Å². The maximum Gasteiger partial charge on any atom is 0.238 e. The van der Waals surface area contributed by atoms with Gasteiger partial charge in [-0.2, -0.15) is 0 Å². The Bertz CT molecular complexity index is 1190. The van der Waals surface area contributed by atoms with E-state index in [1.807, 2.05) is 53.9 Å². The number of fused-ring (bicyclic) bond motifs is 8. The molecule has 0 aromatic heterocycles. The SMILES string of the molecule is C=C1CC2=C(S1)[C@H](c1ccccc1)[C@H]1[C@H]3C[C@@H]([C@H]1S2)[C@H]1C(=O)N(c2ccccc2)C(=O)[C@@H]31. The molecule has 0 unspecified atom stereocenters. The summed E-state index contributed by atoms with van der Waals surface area (Å²) in [7, 11) is 0. The molecule has 5 aliphatic rings. The molecular weight excluding hydrogens is 434 g/mol. The number of thioether (sulfide) groups is 2. The van der Waals surface area contributed by atoms with E-state index in [9.17, 15) is 9.59 Å². The molecule has 7 rings (SSSR count). The summed E-state index contributed by atoms with van der Waals surface area (Å²) in [5.41, 5.74) is 2.07. The quantitative estimate of drug-likeness (QED) is 0.533. The number of carbonyl (C=O) groups is 2. The average molecular weight is 458 g/mol. The zero-order valence-electron chi connectivity index (χ0n) is 17.5. The molecule has 2 aromatic carbocycles. The highest BCUT2D eigenvalue weighted by Gasteiger charge is 2.69. The number of para-hydroxylation sites is 1. The molecule has 0 spiro atoms. The molecule has 0 radical (unpaired) electrons. The van der Waals surface area contributed by atoms with E-state index >= 15 is 0 Å². The lowest BCUT2D eigenvalue weighted by Gasteiger charge is -2.44. The number of anilines is 1. The van der Waals surface area contributed by atoms with Gasteiger partial charge in [0.25, 0.3) is 0 Å². The van der Waals surface area contributed by atoms with Crippen molar-refractivity contribution in [2.24, 2.45) is 29.6 Å². The van der Waals surface area contributed by atoms with Gasteiger partial charge in [0.1, 0.15) is 0 Å². The Labute approximate surface area is 196 Å². The van der Waals surface area contributed by atoms with Crippen LogP contribution in [-0.2, 0) is 9.59 Å². The Kier molecular flexibility index (Phi) is 4.14. The molecule has 2 aromatic rings. The number of carbonyl (C=O) groups excluding carboxylic acids is 2. The lowest BCUT2D eigenvalue weighted by atomic mass is 9.68. The van der Waals surface area contributed by atoms with E-state index < -0.39 is 0 Å². The van der Waals surface area contributed by atoms with Gasteiger partial charge in [0.15, 0.2) is 0 Å². The summed E-state index contributed by atoms with van der Waals surface area (Å²) < 4.78 is 0. The summed E-state index contributed by atoms with van der Waals surface area (Å²) in [5.74, 6) is 0.987. The Morgan fingerprint density at radius 3 is 2.25 bits per heavy atom. The minimum Gasteiger partial charge on any atom is -0.274 e. The van der Waals surface area contributed by atoms with Gasteiger partial charge >= 0.3 is 0 Å². The smallest absolute Gasteiger partial charge is 0.238 e. The van der Waals surface area contributed by atoms with E-state index in [1.165, 1.54) is 25.2 Å². The highest BCUT2D eigenvalue weighted by atomic mass is 32.2. The molecule has 2 bridgehead atoms. The van der Waals surface area contributed by atoms with Crippen LogP contribution in [0.2, 0.25) is 0 Å². The van der Waals surface area contributed by atoms with Crippen LogP contribution in [0.1, 0.15) is 24.3 Å². The first-order valence-electron chi connectivity index (χ1n) is 11.4. The third-order valence-electron chi connectivity index (χ3n) is 8.17. The molecular formula is C27H23NO2S2. The molecule has 3 nitrogen and oxygen atoms in total. The first kappa shape index (κ1) is 19.2. The van der Waals surface area contributed by atoms with Crippen LogP contribution < -0.4 is 4.90 Å². The molecule has 0 N–H and O–H groups in total. The van der Waals surface area contributed by atoms with Gasteiger partial charge in [0, 0.05) is 27.4 Å². The monoisotopic (exact) mass is 457 g/mol. The summed E-state index contributed by atoms with van der Waals surface area (Å²) in [5, 5.41) is 0.407. The van der Waals surface area contributed by atoms with Crippen LogP contribution >= 0.6 is 23.5 Å². The van der Waals surface area contributed by atoms with E-state index in [1.54, 1.807) is 0 Å². The normalized spacial score (nSPS) is 37.2. The van der Waals surface area contributed by atoms with Crippen LogP contribution in [-0.4, -0.2) is 17.1 Å². The van der Waals surface area contributed by atoms with Crippen molar-refractivity contribution in [3.05, 3.63) is 87.5 Å². The molecule has 2 amide bonds. The molecule has 3 aliphatic heterocycles. The topological polar surface area (TPSA) is 37.4 Å². The van der Waals surface area contributed by atoms with Crippen LogP contribution in [0.5, 0.6) is 0 Å². The standard InChI is InChI=1S/C27H23NO2S2/c1-14-12-19-25(31-14)20(15-8-4-2-5-9-15)21-17-13-18(24(21)32-19)23-22(17)26(29)28(27(23)30)16-10-6-3-7-11-16/h2-11,17-18,20-24H,1,12-13H2/t17-,18-,20-,21-,22+,23-,24-/m1/s1. The maximum atomic E-state index is 13.7. The Morgan fingerprint density at radius 2 is 1.53 bits per heavy atom. The number of imide groups is 1. The minimum atomic E-state index is -0.169. The van der Waals surface area contributed by atoms with Crippen LogP contribution in [0.25, 0.3) is 0 Å². The Morgan fingerprint density at radius 1 is 0.875 bits per heavy atom. The van der Waals surface area contributed by atoms with Gasteiger partial charge in [-0.3, -0.25) is 14.5 Å². The van der Waals surface area contributed by atoms with Crippen LogP contribution in [0, 0.1) is 29.6 Å². The second-order valence-electron chi connectivity index (χ2n) is 9.62. The summed E-state index contributed by atoms with van der Waals surface area (Å²) >= 11 is 3.86. The number of benzene rings is 2. The van der Waals surface area contributed by atoms with Crippen molar-refractivity contribution < 1.29 is 9.59 Å². The van der Waals surface area contributed by atoms with Gasteiger partial charge in [-0.05, 0) is 46.8 Å². The zero-order valence-corrected chi connectivity index (χ0v) is 19.1. The van der Waals surface area contributed by atoms with Crippen molar-refractivity contribution in [1.82, 2.24) is 0 Å². The molecule has 2 aliphatic carbocycles. The van der Waals surface area contributed by atoms with Crippen molar-refractivity contribution in [2.75, 3.05) is 4.90 Å². The molecule has 5 heteroatoms. The fourth-order valence-electron chi connectivity index (χ4n) is 7.14. The lowest BCUT2D eigenvalue weighted by molar-refractivity contribution is -0.123. The number of amides is 2. The van der Waals surface area contributed by atoms with Crippen molar-refractivity contribution in [3.63, 3.8) is 0 Å². The Hall–Kier alpha value is -2.24. The van der Waals surface area contributed by atoms with E-state index in [0.29, 0.717) is 17.1 Å². The van der Waals surface area contributed by atoms with E-state index in [-0.39, 0.29) is 35.5 Å². The second kappa shape index (κ2) is 6.88. The maximum absolute atomic E-state index is 13.7. The highest BCUT2D eigenvalue weighted by Crippen LogP contribution is 2.71. The molecule has 7 atom stereocenters. The summed E-state index contributed by atoms with van der Waals surface area (Å²) in [4.78, 5) is 32.8. The summed E-state index contributed by atoms with van der Waals surface area (Å²) in [6, 6.07) is 20.3. The van der Waals surface area contributed by atoms with E-state index in [4.69, 9.17) is 0 Å². The molecule has 3 heterocycles. The number of nitrogens with zero attached hydrogens (tertiary/aromatic N) is 1. The fraction of sp³-hybridized carbons (Fsp3) is 0.333. The van der Waals surface area contributed by atoms with Crippen LogP contribution in [0.4, 0.5) is 5.69 Å². The third kappa shape index (κ3) is 2.47. The molecule has 160 valence electrons. The van der Waals surface area contributed by atoms with Crippen molar-refractivity contribution in [2.45, 2.75) is 24.0 Å². The number of hydrogen-bond acceptors (Lipinski definition) is 4. The van der Waals surface area contributed by atoms with Gasteiger partial charge in [-0.1, -0.05) is 66.9 Å². The van der Waals surface area contributed by atoms with Gasteiger partial charge < -0.3 is 0 Å². The third-order valence-corrected chi connectivity index (χ3v) is 11.0. The summed E-state index contributed by atoms with van der Waals surface area (Å²) in [6.07, 6.45) is 1.96. The number of rotatable bonds is 2. The molecule has 2 saturated carbocycles. The number of hydrogen-bond donors (Lipinski definition) is 0. The highest BCUT2D eigenvalue weighted by molar-refractivity contribution is 8.10. The first-order chi connectivity index (χ1) is 15.6. The largest absolute Gasteiger partial charge is 0.274 e. The second-order valence-corrected chi connectivity index (χ2v) is 12.1. The van der Waals surface area contributed by atoms with E-state index in [2.05, 4.69) is 36.9 Å². The predicted molar refractivity (Wildman–Crippen MR) is 130 cm³/mol. The van der Waals surface area contributed by atoms with Gasteiger partial charge in [0.2, 0.25) is 11.8 Å². The van der Waals surface area contributed by atoms with Crippen molar-refractivity contribution >= 4 is 41.0 Å². The van der Waals surface area contributed by atoms with E-state index in [0.717, 1.165) is 18.5 Å². The van der Waals surface area contributed by atoms with Crippen LogP contribution in [0.15, 0.2) is 82.0 Å². The Balaban J connectivity index is 1.32. The molecule has 1 saturated heterocycles. The van der Waals surface area contributed by atoms with Gasteiger partial charge in [0.05, 0.1) is 17.5 Å². The molecule has 3 fully saturated rings. The summed E-state index contributed by atoms with van der Waals surface area (Å²) in [6.45, 7) is 4.27.